The number of hydrogen-bond acceptors (Lipinski definition) is 2. The Morgan fingerprint density at radius 2 is 2.17 bits per heavy atom. The highest BCUT2D eigenvalue weighted by Gasteiger charge is 2.14. The topological polar surface area (TPSA) is 42.0 Å². The third kappa shape index (κ3) is 3.80. The molecule has 0 aliphatic heterocycles. The highest BCUT2D eigenvalue weighted by atomic mass is 79.9. The van der Waals surface area contributed by atoms with Crippen molar-refractivity contribution in [3.8, 4) is 0 Å². The molecule has 0 aromatic carbocycles. The SMILES string of the molecule is O=C(NCCC1CCCCC1)c1cccnc1Br. The van der Waals surface area contributed by atoms with Gasteiger partial charge in [0.2, 0.25) is 0 Å². The Morgan fingerprint density at radius 3 is 2.89 bits per heavy atom. The molecule has 18 heavy (non-hydrogen) atoms. The first-order chi connectivity index (χ1) is 8.77. The molecule has 1 amide bonds. The van der Waals surface area contributed by atoms with E-state index in [1.165, 1.54) is 32.1 Å². The van der Waals surface area contributed by atoms with Crippen molar-refractivity contribution in [2.24, 2.45) is 5.92 Å². The normalized spacial score (nSPS) is 16.5. The van der Waals surface area contributed by atoms with Crippen LogP contribution in [-0.4, -0.2) is 17.4 Å². The summed E-state index contributed by atoms with van der Waals surface area (Å²) < 4.78 is 0.611. The monoisotopic (exact) mass is 310 g/mol. The Bertz CT molecular complexity index is 403. The summed E-state index contributed by atoms with van der Waals surface area (Å²) in [5.74, 6) is 0.766. The van der Waals surface area contributed by atoms with Gasteiger partial charge in [0.05, 0.1) is 5.56 Å². The molecule has 0 radical (unpaired) electrons. The Labute approximate surface area is 117 Å². The summed E-state index contributed by atoms with van der Waals surface area (Å²) in [5, 5.41) is 2.98. The molecule has 1 heterocycles. The Morgan fingerprint density at radius 1 is 1.39 bits per heavy atom. The van der Waals surface area contributed by atoms with Gasteiger partial charge in [0, 0.05) is 12.7 Å². The first-order valence-corrected chi connectivity index (χ1v) is 7.45. The van der Waals surface area contributed by atoms with E-state index >= 15 is 0 Å². The summed E-state index contributed by atoms with van der Waals surface area (Å²) in [6.07, 6.45) is 9.51. The summed E-state index contributed by atoms with van der Waals surface area (Å²) in [4.78, 5) is 16.0. The van der Waals surface area contributed by atoms with E-state index in [9.17, 15) is 4.79 Å². The van der Waals surface area contributed by atoms with Gasteiger partial charge < -0.3 is 5.32 Å². The number of hydrogen-bond donors (Lipinski definition) is 1. The number of amides is 1. The number of pyridine rings is 1. The summed E-state index contributed by atoms with van der Waals surface area (Å²) >= 11 is 3.29. The smallest absolute Gasteiger partial charge is 0.254 e. The number of carbonyl (C=O) groups is 1. The molecule has 0 spiro atoms. The maximum Gasteiger partial charge on any atom is 0.254 e. The number of rotatable bonds is 4. The second kappa shape index (κ2) is 6.88. The van der Waals surface area contributed by atoms with Gasteiger partial charge in [-0.25, -0.2) is 4.98 Å². The van der Waals surface area contributed by atoms with Crippen LogP contribution in [0, 0.1) is 5.92 Å². The zero-order chi connectivity index (χ0) is 12.8. The van der Waals surface area contributed by atoms with Crippen molar-refractivity contribution in [2.45, 2.75) is 38.5 Å². The van der Waals surface area contributed by atoms with Crippen LogP contribution < -0.4 is 5.32 Å². The van der Waals surface area contributed by atoms with Gasteiger partial charge in [0.15, 0.2) is 0 Å². The standard InChI is InChI=1S/C14H19BrN2O/c15-13-12(7-4-9-16-13)14(18)17-10-8-11-5-2-1-3-6-11/h4,7,9,11H,1-3,5-6,8,10H2,(H,17,18). The Balaban J connectivity index is 1.76. The zero-order valence-corrected chi connectivity index (χ0v) is 12.1. The maximum atomic E-state index is 11.9. The number of nitrogens with zero attached hydrogens (tertiary/aromatic N) is 1. The van der Waals surface area contributed by atoms with Crippen molar-refractivity contribution in [2.75, 3.05) is 6.54 Å². The molecular weight excluding hydrogens is 292 g/mol. The van der Waals surface area contributed by atoms with E-state index in [-0.39, 0.29) is 5.91 Å². The van der Waals surface area contributed by atoms with Crippen molar-refractivity contribution >= 4 is 21.8 Å². The van der Waals surface area contributed by atoms with Gasteiger partial charge >= 0.3 is 0 Å². The van der Waals surface area contributed by atoms with Gasteiger partial charge in [0.1, 0.15) is 4.60 Å². The van der Waals surface area contributed by atoms with Crippen molar-refractivity contribution in [1.29, 1.82) is 0 Å². The Hall–Kier alpha value is -0.900. The number of halogens is 1. The highest BCUT2D eigenvalue weighted by molar-refractivity contribution is 9.10. The van der Waals surface area contributed by atoms with Crippen LogP contribution in [0.2, 0.25) is 0 Å². The molecule has 0 atom stereocenters. The zero-order valence-electron chi connectivity index (χ0n) is 10.5. The van der Waals surface area contributed by atoms with E-state index in [1.807, 2.05) is 0 Å². The Kier molecular flexibility index (Phi) is 5.17. The van der Waals surface area contributed by atoms with E-state index < -0.39 is 0 Å². The molecular formula is C14H19BrN2O. The van der Waals surface area contributed by atoms with E-state index in [0.29, 0.717) is 10.2 Å². The van der Waals surface area contributed by atoms with Crippen molar-refractivity contribution in [1.82, 2.24) is 10.3 Å². The predicted molar refractivity (Wildman–Crippen MR) is 75.5 cm³/mol. The molecule has 1 N–H and O–H groups in total. The average molecular weight is 311 g/mol. The number of aromatic nitrogens is 1. The van der Waals surface area contributed by atoms with Crippen LogP contribution in [-0.2, 0) is 0 Å². The van der Waals surface area contributed by atoms with Crippen LogP contribution in [0.4, 0.5) is 0 Å². The van der Waals surface area contributed by atoms with Crippen LogP contribution in [0.15, 0.2) is 22.9 Å². The molecule has 3 nitrogen and oxygen atoms in total. The van der Waals surface area contributed by atoms with E-state index in [1.54, 1.807) is 18.3 Å². The minimum absolute atomic E-state index is 0.0363. The lowest BCUT2D eigenvalue weighted by molar-refractivity contribution is 0.0949. The second-order valence-corrected chi connectivity index (χ2v) is 5.64. The molecule has 4 heteroatoms. The van der Waals surface area contributed by atoms with E-state index in [2.05, 4.69) is 26.2 Å². The molecule has 1 aliphatic rings. The largest absolute Gasteiger partial charge is 0.352 e. The molecule has 1 saturated carbocycles. The van der Waals surface area contributed by atoms with Crippen LogP contribution in [0.5, 0.6) is 0 Å². The van der Waals surface area contributed by atoms with E-state index in [4.69, 9.17) is 0 Å². The molecule has 0 bridgehead atoms. The fourth-order valence-electron chi connectivity index (χ4n) is 2.52. The van der Waals surface area contributed by atoms with Crippen LogP contribution >= 0.6 is 15.9 Å². The van der Waals surface area contributed by atoms with Gasteiger partial charge in [-0.1, -0.05) is 32.1 Å². The van der Waals surface area contributed by atoms with Crippen molar-refractivity contribution < 1.29 is 4.79 Å². The van der Waals surface area contributed by atoms with Crippen LogP contribution in [0.1, 0.15) is 48.9 Å². The number of carbonyl (C=O) groups excluding carboxylic acids is 1. The van der Waals surface area contributed by atoms with E-state index in [0.717, 1.165) is 18.9 Å². The molecule has 98 valence electrons. The molecule has 1 fully saturated rings. The summed E-state index contributed by atoms with van der Waals surface area (Å²) in [6.45, 7) is 0.769. The lowest BCUT2D eigenvalue weighted by Crippen LogP contribution is -2.26. The van der Waals surface area contributed by atoms with Crippen LogP contribution in [0.25, 0.3) is 0 Å². The minimum atomic E-state index is -0.0363. The van der Waals surface area contributed by atoms with Gasteiger partial charge in [-0.15, -0.1) is 0 Å². The first-order valence-electron chi connectivity index (χ1n) is 6.66. The fourth-order valence-corrected chi connectivity index (χ4v) is 2.95. The third-order valence-corrected chi connectivity index (χ3v) is 4.20. The predicted octanol–water partition coefficient (Wildman–Crippen LogP) is 3.54. The summed E-state index contributed by atoms with van der Waals surface area (Å²) in [6, 6.07) is 3.56. The average Bonchev–Trinajstić information content (AvgIpc) is 2.40. The molecule has 2 rings (SSSR count). The summed E-state index contributed by atoms with van der Waals surface area (Å²) in [5.41, 5.74) is 0.612. The fraction of sp³-hybridized carbons (Fsp3) is 0.571. The highest BCUT2D eigenvalue weighted by Crippen LogP contribution is 2.25. The van der Waals surface area contributed by atoms with Crippen molar-refractivity contribution in [3.05, 3.63) is 28.5 Å². The second-order valence-electron chi connectivity index (χ2n) is 4.89. The first kappa shape index (κ1) is 13.5. The lowest BCUT2D eigenvalue weighted by atomic mass is 9.87. The minimum Gasteiger partial charge on any atom is -0.352 e. The van der Waals surface area contributed by atoms with Crippen LogP contribution in [0.3, 0.4) is 0 Å². The molecule has 0 unspecified atom stereocenters. The number of nitrogens with one attached hydrogen (secondary N) is 1. The molecule has 1 aromatic rings. The quantitative estimate of drug-likeness (QED) is 0.864. The van der Waals surface area contributed by atoms with Gasteiger partial charge in [-0.3, -0.25) is 4.79 Å². The molecule has 0 saturated heterocycles. The lowest BCUT2D eigenvalue weighted by Gasteiger charge is -2.21. The van der Waals surface area contributed by atoms with Gasteiger partial charge in [-0.05, 0) is 40.4 Å². The van der Waals surface area contributed by atoms with Gasteiger partial charge in [-0.2, -0.15) is 0 Å². The third-order valence-electron chi connectivity index (χ3n) is 3.57. The molecule has 1 aromatic heterocycles. The van der Waals surface area contributed by atoms with Gasteiger partial charge in [0.25, 0.3) is 5.91 Å². The molecule has 1 aliphatic carbocycles. The van der Waals surface area contributed by atoms with Crippen molar-refractivity contribution in [3.63, 3.8) is 0 Å². The summed E-state index contributed by atoms with van der Waals surface area (Å²) in [7, 11) is 0. The maximum absolute atomic E-state index is 11.9.